The smallest absolute Gasteiger partial charge is 0.119 e. The van der Waals surface area contributed by atoms with Crippen molar-refractivity contribution >= 4 is 15.9 Å². The normalized spacial score (nSPS) is 11.3. The van der Waals surface area contributed by atoms with Gasteiger partial charge in [0.1, 0.15) is 5.75 Å². The standard InChI is InChI=1S/C16H17BrO/c1-16(2,12-6-4-8-14(17)10-12)13-7-5-9-15(11-13)18-3/h4-11H,1-3H3. The summed E-state index contributed by atoms with van der Waals surface area (Å²) in [6.07, 6.45) is 0. The van der Waals surface area contributed by atoms with Gasteiger partial charge in [-0.05, 0) is 35.4 Å². The van der Waals surface area contributed by atoms with Crippen LogP contribution in [-0.4, -0.2) is 7.11 Å². The van der Waals surface area contributed by atoms with Gasteiger partial charge >= 0.3 is 0 Å². The minimum absolute atomic E-state index is 0.0433. The van der Waals surface area contributed by atoms with Crippen LogP contribution in [0.25, 0.3) is 0 Å². The van der Waals surface area contributed by atoms with Crippen molar-refractivity contribution in [2.24, 2.45) is 0 Å². The molecule has 94 valence electrons. The number of rotatable bonds is 3. The molecule has 2 aromatic rings. The molecule has 0 aliphatic carbocycles. The molecule has 1 nitrogen and oxygen atoms in total. The van der Waals surface area contributed by atoms with Gasteiger partial charge in [0.2, 0.25) is 0 Å². The van der Waals surface area contributed by atoms with Crippen LogP contribution in [0.2, 0.25) is 0 Å². The Morgan fingerprint density at radius 2 is 1.56 bits per heavy atom. The van der Waals surface area contributed by atoms with Crippen LogP contribution in [0.4, 0.5) is 0 Å². The second-order valence-electron chi connectivity index (χ2n) is 4.87. The van der Waals surface area contributed by atoms with Crippen molar-refractivity contribution in [3.8, 4) is 5.75 Å². The van der Waals surface area contributed by atoms with Crippen molar-refractivity contribution < 1.29 is 4.74 Å². The molecule has 0 amide bonds. The van der Waals surface area contributed by atoms with E-state index in [9.17, 15) is 0 Å². The van der Waals surface area contributed by atoms with E-state index in [1.807, 2.05) is 18.2 Å². The average Bonchev–Trinajstić information content (AvgIpc) is 2.39. The highest BCUT2D eigenvalue weighted by atomic mass is 79.9. The molecule has 0 fully saturated rings. The van der Waals surface area contributed by atoms with Crippen molar-refractivity contribution in [3.05, 3.63) is 64.1 Å². The number of ether oxygens (including phenoxy) is 1. The fraction of sp³-hybridized carbons (Fsp3) is 0.250. The molecule has 0 atom stereocenters. The van der Waals surface area contributed by atoms with Crippen molar-refractivity contribution in [1.29, 1.82) is 0 Å². The van der Waals surface area contributed by atoms with E-state index in [0.29, 0.717) is 0 Å². The van der Waals surface area contributed by atoms with E-state index in [4.69, 9.17) is 4.74 Å². The summed E-state index contributed by atoms with van der Waals surface area (Å²) in [5, 5.41) is 0. The van der Waals surface area contributed by atoms with E-state index in [1.165, 1.54) is 11.1 Å². The van der Waals surface area contributed by atoms with E-state index in [0.717, 1.165) is 10.2 Å². The van der Waals surface area contributed by atoms with Gasteiger partial charge < -0.3 is 4.74 Å². The summed E-state index contributed by atoms with van der Waals surface area (Å²) in [7, 11) is 1.70. The van der Waals surface area contributed by atoms with Crippen LogP contribution in [0.3, 0.4) is 0 Å². The maximum atomic E-state index is 5.30. The van der Waals surface area contributed by atoms with E-state index >= 15 is 0 Å². The minimum atomic E-state index is -0.0433. The van der Waals surface area contributed by atoms with Crippen LogP contribution in [-0.2, 0) is 5.41 Å². The maximum Gasteiger partial charge on any atom is 0.119 e. The second kappa shape index (κ2) is 5.15. The number of benzene rings is 2. The van der Waals surface area contributed by atoms with Crippen molar-refractivity contribution in [2.45, 2.75) is 19.3 Å². The molecular formula is C16H17BrO. The molecule has 0 N–H and O–H groups in total. The lowest BCUT2D eigenvalue weighted by Gasteiger charge is -2.26. The molecular weight excluding hydrogens is 288 g/mol. The fourth-order valence-electron chi connectivity index (χ4n) is 2.06. The molecule has 0 unspecified atom stereocenters. The zero-order valence-corrected chi connectivity index (χ0v) is 12.5. The summed E-state index contributed by atoms with van der Waals surface area (Å²) in [4.78, 5) is 0. The maximum absolute atomic E-state index is 5.30. The Labute approximate surface area is 117 Å². The molecule has 0 aliphatic heterocycles. The Hall–Kier alpha value is -1.28. The monoisotopic (exact) mass is 304 g/mol. The molecule has 0 aliphatic rings. The first-order chi connectivity index (χ1) is 8.54. The van der Waals surface area contributed by atoms with Crippen LogP contribution >= 0.6 is 15.9 Å². The fourth-order valence-corrected chi connectivity index (χ4v) is 2.45. The first kappa shape index (κ1) is 13.2. The Morgan fingerprint density at radius 3 is 2.17 bits per heavy atom. The Morgan fingerprint density at radius 1 is 0.944 bits per heavy atom. The molecule has 0 heterocycles. The van der Waals surface area contributed by atoms with E-state index in [1.54, 1.807) is 7.11 Å². The van der Waals surface area contributed by atoms with Crippen molar-refractivity contribution in [2.75, 3.05) is 7.11 Å². The Kier molecular flexibility index (Phi) is 3.76. The molecule has 0 bridgehead atoms. The molecule has 0 spiro atoms. The minimum Gasteiger partial charge on any atom is -0.497 e. The molecule has 0 radical (unpaired) electrons. The van der Waals surface area contributed by atoms with Gasteiger partial charge in [-0.25, -0.2) is 0 Å². The quantitative estimate of drug-likeness (QED) is 0.792. The van der Waals surface area contributed by atoms with E-state index < -0.39 is 0 Å². The van der Waals surface area contributed by atoms with Crippen LogP contribution in [0.1, 0.15) is 25.0 Å². The average molecular weight is 305 g/mol. The lowest BCUT2D eigenvalue weighted by molar-refractivity contribution is 0.413. The molecule has 0 saturated heterocycles. The predicted molar refractivity (Wildman–Crippen MR) is 79.3 cm³/mol. The highest BCUT2D eigenvalue weighted by molar-refractivity contribution is 9.10. The van der Waals surface area contributed by atoms with Crippen LogP contribution < -0.4 is 4.74 Å². The Balaban J connectivity index is 2.46. The first-order valence-corrected chi connectivity index (χ1v) is 6.74. The van der Waals surface area contributed by atoms with E-state index in [2.05, 4.69) is 60.1 Å². The summed E-state index contributed by atoms with van der Waals surface area (Å²) in [5.41, 5.74) is 2.49. The van der Waals surface area contributed by atoms with Crippen LogP contribution in [0, 0.1) is 0 Å². The highest BCUT2D eigenvalue weighted by Gasteiger charge is 2.23. The Bertz CT molecular complexity index is 546. The highest BCUT2D eigenvalue weighted by Crippen LogP contribution is 2.34. The summed E-state index contributed by atoms with van der Waals surface area (Å²) in [6, 6.07) is 16.7. The third-order valence-electron chi connectivity index (χ3n) is 3.34. The van der Waals surface area contributed by atoms with Gasteiger partial charge in [0.25, 0.3) is 0 Å². The lowest BCUT2D eigenvalue weighted by Crippen LogP contribution is -2.18. The second-order valence-corrected chi connectivity index (χ2v) is 5.78. The molecule has 0 aromatic heterocycles. The third kappa shape index (κ3) is 2.59. The van der Waals surface area contributed by atoms with Gasteiger partial charge in [0, 0.05) is 9.89 Å². The lowest BCUT2D eigenvalue weighted by atomic mass is 9.78. The molecule has 2 heteroatoms. The van der Waals surface area contributed by atoms with E-state index in [-0.39, 0.29) is 5.41 Å². The number of methoxy groups -OCH3 is 1. The van der Waals surface area contributed by atoms with Crippen LogP contribution in [0.15, 0.2) is 53.0 Å². The molecule has 18 heavy (non-hydrogen) atoms. The molecule has 2 rings (SSSR count). The summed E-state index contributed by atoms with van der Waals surface area (Å²) >= 11 is 3.53. The van der Waals surface area contributed by atoms with Gasteiger partial charge in [-0.1, -0.05) is 54.0 Å². The molecule has 0 saturated carbocycles. The zero-order chi connectivity index (χ0) is 13.2. The summed E-state index contributed by atoms with van der Waals surface area (Å²) in [5.74, 6) is 0.899. The van der Waals surface area contributed by atoms with Crippen molar-refractivity contribution in [3.63, 3.8) is 0 Å². The number of halogens is 1. The number of hydrogen-bond acceptors (Lipinski definition) is 1. The van der Waals surface area contributed by atoms with Gasteiger partial charge in [0.05, 0.1) is 7.11 Å². The van der Waals surface area contributed by atoms with Crippen molar-refractivity contribution in [1.82, 2.24) is 0 Å². The topological polar surface area (TPSA) is 9.23 Å². The first-order valence-electron chi connectivity index (χ1n) is 5.94. The number of hydrogen-bond donors (Lipinski definition) is 0. The van der Waals surface area contributed by atoms with Gasteiger partial charge in [-0.3, -0.25) is 0 Å². The predicted octanol–water partition coefficient (Wildman–Crippen LogP) is 4.78. The molecule has 2 aromatic carbocycles. The van der Waals surface area contributed by atoms with Gasteiger partial charge in [0.15, 0.2) is 0 Å². The third-order valence-corrected chi connectivity index (χ3v) is 3.83. The SMILES string of the molecule is COc1cccc(C(C)(C)c2cccc(Br)c2)c1. The largest absolute Gasteiger partial charge is 0.497 e. The van der Waals surface area contributed by atoms with Crippen LogP contribution in [0.5, 0.6) is 5.75 Å². The van der Waals surface area contributed by atoms with Gasteiger partial charge in [-0.2, -0.15) is 0 Å². The van der Waals surface area contributed by atoms with Gasteiger partial charge in [-0.15, -0.1) is 0 Å². The summed E-state index contributed by atoms with van der Waals surface area (Å²) in [6.45, 7) is 4.45. The summed E-state index contributed by atoms with van der Waals surface area (Å²) < 4.78 is 6.41. The zero-order valence-electron chi connectivity index (χ0n) is 10.9.